The number of para-hydroxylation sites is 1. The Labute approximate surface area is 177 Å². The van der Waals surface area contributed by atoms with Crippen molar-refractivity contribution in [1.29, 1.82) is 0 Å². The first-order valence-electron chi connectivity index (χ1n) is 9.81. The summed E-state index contributed by atoms with van der Waals surface area (Å²) >= 11 is 0. The molecule has 0 fully saturated rings. The summed E-state index contributed by atoms with van der Waals surface area (Å²) in [6.45, 7) is 4.50. The van der Waals surface area contributed by atoms with Crippen LogP contribution in [0, 0.1) is 6.92 Å². The van der Waals surface area contributed by atoms with Crippen LogP contribution in [0.25, 0.3) is 16.8 Å². The molecule has 0 saturated heterocycles. The molecule has 31 heavy (non-hydrogen) atoms. The Kier molecular flexibility index (Phi) is 5.55. The van der Waals surface area contributed by atoms with Gasteiger partial charge in [-0.1, -0.05) is 30.3 Å². The predicted octanol–water partition coefficient (Wildman–Crippen LogP) is 3.37. The topological polar surface area (TPSA) is 106 Å². The number of nitrogens with zero attached hydrogens (tertiary/aromatic N) is 1. The Bertz CT molecular complexity index is 1370. The normalized spacial score (nSPS) is 11.0. The number of benzene rings is 2. The van der Waals surface area contributed by atoms with E-state index in [1.807, 2.05) is 19.1 Å². The third kappa shape index (κ3) is 3.93. The van der Waals surface area contributed by atoms with Crippen molar-refractivity contribution in [3.8, 4) is 5.69 Å². The van der Waals surface area contributed by atoms with Gasteiger partial charge in [0, 0.05) is 12.3 Å². The molecule has 8 heteroatoms. The molecular formula is C23H21N3O5. The standard InChI is InChI=1S/C23H21N3O5/c1-3-30-13-15-8-7-9-16(12-15)24-20(27)18-14(2)31-21-19(18)22(28)26(23(29)25-21)17-10-5-4-6-11-17/h4-12H,3,13H2,1-2H3,(H,24,27)(H,25,29). The maximum absolute atomic E-state index is 13.2. The monoisotopic (exact) mass is 419 g/mol. The molecule has 0 aliphatic rings. The van der Waals surface area contributed by atoms with Gasteiger partial charge in [0.2, 0.25) is 5.71 Å². The highest BCUT2D eigenvalue weighted by Gasteiger charge is 2.24. The second kappa shape index (κ2) is 8.45. The highest BCUT2D eigenvalue weighted by atomic mass is 16.5. The number of H-pyrrole nitrogens is 1. The Hall–Kier alpha value is -3.91. The lowest BCUT2D eigenvalue weighted by molar-refractivity contribution is 0.102. The van der Waals surface area contributed by atoms with Crippen LogP contribution in [0.5, 0.6) is 0 Å². The van der Waals surface area contributed by atoms with E-state index in [4.69, 9.17) is 9.15 Å². The molecule has 2 aromatic heterocycles. The second-order valence-electron chi connectivity index (χ2n) is 6.94. The fraction of sp³-hybridized carbons (Fsp3) is 0.174. The lowest BCUT2D eigenvalue weighted by atomic mass is 10.1. The molecule has 2 N–H and O–H groups in total. The third-order valence-electron chi connectivity index (χ3n) is 4.82. The number of aryl methyl sites for hydroxylation is 1. The van der Waals surface area contributed by atoms with Crippen LogP contribution < -0.4 is 16.6 Å². The van der Waals surface area contributed by atoms with Crippen molar-refractivity contribution in [3.05, 3.63) is 92.3 Å². The number of nitrogens with one attached hydrogen (secondary N) is 2. The summed E-state index contributed by atoms with van der Waals surface area (Å²) in [5.41, 5.74) is 0.633. The number of hydrogen-bond donors (Lipinski definition) is 2. The summed E-state index contributed by atoms with van der Waals surface area (Å²) in [4.78, 5) is 41.3. The van der Waals surface area contributed by atoms with Crippen molar-refractivity contribution in [2.45, 2.75) is 20.5 Å². The van der Waals surface area contributed by atoms with Crippen LogP contribution in [0.15, 0.2) is 68.6 Å². The van der Waals surface area contributed by atoms with Crippen molar-refractivity contribution in [2.75, 3.05) is 11.9 Å². The zero-order valence-electron chi connectivity index (χ0n) is 17.1. The molecule has 0 aliphatic heterocycles. The summed E-state index contributed by atoms with van der Waals surface area (Å²) < 4.78 is 11.9. The van der Waals surface area contributed by atoms with Gasteiger partial charge in [-0.2, -0.15) is 0 Å². The van der Waals surface area contributed by atoms with E-state index in [-0.39, 0.29) is 22.4 Å². The first-order chi connectivity index (χ1) is 15.0. The molecule has 158 valence electrons. The van der Waals surface area contributed by atoms with Crippen LogP contribution in [0.1, 0.15) is 28.6 Å². The number of rotatable bonds is 6. The molecule has 1 amide bonds. The predicted molar refractivity (Wildman–Crippen MR) is 117 cm³/mol. The zero-order valence-corrected chi connectivity index (χ0v) is 17.1. The molecule has 8 nitrogen and oxygen atoms in total. The van der Waals surface area contributed by atoms with Crippen LogP contribution in [0.2, 0.25) is 0 Å². The minimum Gasteiger partial charge on any atom is -0.444 e. The number of furan rings is 1. The van der Waals surface area contributed by atoms with Gasteiger partial charge in [-0.3, -0.25) is 14.6 Å². The number of aromatic nitrogens is 2. The van der Waals surface area contributed by atoms with E-state index in [2.05, 4.69) is 10.3 Å². The number of ether oxygens (including phenoxy) is 1. The summed E-state index contributed by atoms with van der Waals surface area (Å²) in [6, 6.07) is 15.7. The minimum atomic E-state index is -0.645. The summed E-state index contributed by atoms with van der Waals surface area (Å²) in [7, 11) is 0. The minimum absolute atomic E-state index is 0.0175. The molecule has 0 saturated carbocycles. The highest BCUT2D eigenvalue weighted by Crippen LogP contribution is 2.22. The maximum atomic E-state index is 13.2. The van der Waals surface area contributed by atoms with E-state index in [1.165, 1.54) is 0 Å². The van der Waals surface area contributed by atoms with Crippen LogP contribution in [0.4, 0.5) is 5.69 Å². The van der Waals surface area contributed by atoms with Gasteiger partial charge >= 0.3 is 5.69 Å². The molecule has 4 rings (SSSR count). The summed E-state index contributed by atoms with van der Waals surface area (Å²) in [5.74, 6) is -0.273. The van der Waals surface area contributed by atoms with Gasteiger partial charge in [0.25, 0.3) is 11.5 Å². The number of aromatic amines is 1. The maximum Gasteiger partial charge on any atom is 0.335 e. The van der Waals surface area contributed by atoms with Crippen molar-refractivity contribution in [2.24, 2.45) is 0 Å². The second-order valence-corrected chi connectivity index (χ2v) is 6.94. The van der Waals surface area contributed by atoms with Gasteiger partial charge in [0.15, 0.2) is 0 Å². The van der Waals surface area contributed by atoms with Crippen LogP contribution in [-0.4, -0.2) is 22.1 Å². The van der Waals surface area contributed by atoms with Gasteiger partial charge in [-0.25, -0.2) is 9.36 Å². The van der Waals surface area contributed by atoms with Gasteiger partial charge in [-0.05, 0) is 43.7 Å². The number of amides is 1. The van der Waals surface area contributed by atoms with Crippen molar-refractivity contribution in [1.82, 2.24) is 9.55 Å². The fourth-order valence-electron chi connectivity index (χ4n) is 3.43. The first kappa shape index (κ1) is 20.4. The summed E-state index contributed by atoms with van der Waals surface area (Å²) in [5, 5.41) is 2.82. The highest BCUT2D eigenvalue weighted by molar-refractivity contribution is 6.12. The molecule has 0 atom stereocenters. The van der Waals surface area contributed by atoms with Crippen LogP contribution in [-0.2, 0) is 11.3 Å². The number of hydrogen-bond acceptors (Lipinski definition) is 5. The zero-order chi connectivity index (χ0) is 22.0. The Morgan fingerprint density at radius 2 is 1.90 bits per heavy atom. The van der Waals surface area contributed by atoms with Gasteiger partial charge in [-0.15, -0.1) is 0 Å². The molecular weight excluding hydrogens is 398 g/mol. The average Bonchev–Trinajstić information content (AvgIpc) is 3.09. The molecule has 2 heterocycles. The average molecular weight is 419 g/mol. The van der Waals surface area contributed by atoms with E-state index >= 15 is 0 Å². The van der Waals surface area contributed by atoms with E-state index in [0.29, 0.717) is 24.6 Å². The quantitative estimate of drug-likeness (QED) is 0.498. The third-order valence-corrected chi connectivity index (χ3v) is 4.82. The lowest BCUT2D eigenvalue weighted by Crippen LogP contribution is -2.34. The molecule has 0 unspecified atom stereocenters. The largest absolute Gasteiger partial charge is 0.444 e. The molecule has 0 radical (unpaired) electrons. The molecule has 4 aromatic rings. The Morgan fingerprint density at radius 3 is 2.65 bits per heavy atom. The lowest BCUT2D eigenvalue weighted by Gasteiger charge is -2.08. The van der Waals surface area contributed by atoms with Gasteiger partial charge < -0.3 is 14.5 Å². The van der Waals surface area contributed by atoms with Crippen LogP contribution in [0.3, 0.4) is 0 Å². The van der Waals surface area contributed by atoms with E-state index in [1.54, 1.807) is 49.4 Å². The number of anilines is 1. The molecule has 0 bridgehead atoms. The van der Waals surface area contributed by atoms with E-state index < -0.39 is 17.2 Å². The van der Waals surface area contributed by atoms with Crippen molar-refractivity contribution < 1.29 is 13.9 Å². The molecule has 0 spiro atoms. The number of carbonyl (C=O) groups is 1. The molecule has 0 aliphatic carbocycles. The SMILES string of the molecule is CCOCc1cccc(NC(=O)c2c(C)oc3[nH]c(=O)n(-c4ccccc4)c(=O)c23)c1. The van der Waals surface area contributed by atoms with Crippen molar-refractivity contribution >= 4 is 22.7 Å². The first-order valence-corrected chi connectivity index (χ1v) is 9.81. The smallest absolute Gasteiger partial charge is 0.335 e. The van der Waals surface area contributed by atoms with E-state index in [0.717, 1.165) is 10.1 Å². The Morgan fingerprint density at radius 1 is 1.13 bits per heavy atom. The van der Waals surface area contributed by atoms with Crippen LogP contribution >= 0.6 is 0 Å². The van der Waals surface area contributed by atoms with Crippen molar-refractivity contribution in [3.63, 3.8) is 0 Å². The fourth-order valence-corrected chi connectivity index (χ4v) is 3.43. The van der Waals surface area contributed by atoms with Gasteiger partial charge in [0.05, 0.1) is 17.9 Å². The van der Waals surface area contributed by atoms with Gasteiger partial charge in [0.1, 0.15) is 11.1 Å². The number of carbonyl (C=O) groups excluding carboxylic acids is 1. The summed E-state index contributed by atoms with van der Waals surface area (Å²) in [6.07, 6.45) is 0. The molecule has 2 aromatic carbocycles. The Balaban J connectivity index is 1.78. The number of fused-ring (bicyclic) bond motifs is 1. The van der Waals surface area contributed by atoms with E-state index in [9.17, 15) is 14.4 Å².